The van der Waals surface area contributed by atoms with Crippen molar-refractivity contribution in [1.82, 2.24) is 0 Å². The maximum absolute atomic E-state index is 12.9. The van der Waals surface area contributed by atoms with E-state index in [9.17, 15) is 22.0 Å². The van der Waals surface area contributed by atoms with Gasteiger partial charge in [0.15, 0.2) is 11.6 Å². The summed E-state index contributed by atoms with van der Waals surface area (Å²) in [7, 11) is 0. The number of nitrogen functional groups attached to an aromatic ring is 2. The number of rotatable bonds is 0. The molecule has 0 aliphatic carbocycles. The number of anilines is 2. The molecule has 0 heterocycles. The van der Waals surface area contributed by atoms with Crippen molar-refractivity contribution in [2.24, 2.45) is 0 Å². The van der Waals surface area contributed by atoms with Crippen molar-refractivity contribution in [2.75, 3.05) is 11.5 Å². The number of halogens is 5. The SMILES string of the molecule is Nc1cc(F)c(N)c(F)c1C(F)(F)F. The van der Waals surface area contributed by atoms with E-state index in [1.165, 1.54) is 0 Å². The smallest absolute Gasteiger partial charge is 0.398 e. The van der Waals surface area contributed by atoms with Crippen molar-refractivity contribution in [2.45, 2.75) is 6.18 Å². The molecule has 7 heteroatoms. The maximum atomic E-state index is 12.9. The van der Waals surface area contributed by atoms with Gasteiger partial charge < -0.3 is 11.5 Å². The molecule has 1 aromatic rings. The van der Waals surface area contributed by atoms with E-state index < -0.39 is 34.7 Å². The van der Waals surface area contributed by atoms with Gasteiger partial charge in [0.1, 0.15) is 11.3 Å². The van der Waals surface area contributed by atoms with Crippen LogP contribution in [0, 0.1) is 11.6 Å². The first-order valence-corrected chi connectivity index (χ1v) is 3.35. The number of hydrogen-bond acceptors (Lipinski definition) is 2. The zero-order valence-corrected chi connectivity index (χ0v) is 6.62. The zero-order chi connectivity index (χ0) is 11.1. The summed E-state index contributed by atoms with van der Waals surface area (Å²) >= 11 is 0. The van der Waals surface area contributed by atoms with Crippen molar-refractivity contribution < 1.29 is 22.0 Å². The number of alkyl halides is 3. The molecule has 0 radical (unpaired) electrons. The van der Waals surface area contributed by atoms with E-state index in [1.807, 2.05) is 0 Å². The van der Waals surface area contributed by atoms with Gasteiger partial charge in [0, 0.05) is 5.69 Å². The summed E-state index contributed by atoms with van der Waals surface area (Å²) in [4.78, 5) is 0. The second-order valence-electron chi connectivity index (χ2n) is 2.55. The Morgan fingerprint density at radius 2 is 1.57 bits per heavy atom. The molecule has 0 bridgehead atoms. The van der Waals surface area contributed by atoms with Crippen LogP contribution in [-0.4, -0.2) is 0 Å². The molecule has 0 spiro atoms. The van der Waals surface area contributed by atoms with Gasteiger partial charge >= 0.3 is 6.18 Å². The summed E-state index contributed by atoms with van der Waals surface area (Å²) in [6.45, 7) is 0. The Bertz CT molecular complexity index is 371. The van der Waals surface area contributed by atoms with E-state index in [-0.39, 0.29) is 0 Å². The molecule has 0 fully saturated rings. The Labute approximate surface area is 75.3 Å². The summed E-state index contributed by atoms with van der Waals surface area (Å²) in [5.74, 6) is -3.19. The van der Waals surface area contributed by atoms with Crippen LogP contribution in [0.25, 0.3) is 0 Å². The Morgan fingerprint density at radius 1 is 1.07 bits per heavy atom. The summed E-state index contributed by atoms with van der Waals surface area (Å²) in [6, 6.07) is 0.335. The number of hydrogen-bond donors (Lipinski definition) is 2. The van der Waals surface area contributed by atoms with Gasteiger partial charge in [-0.25, -0.2) is 8.78 Å². The lowest BCUT2D eigenvalue weighted by Gasteiger charge is -2.12. The average Bonchev–Trinajstić information content (AvgIpc) is 1.97. The minimum absolute atomic E-state index is 0.335. The molecule has 0 aliphatic heterocycles. The molecule has 0 saturated carbocycles. The lowest BCUT2D eigenvalue weighted by molar-refractivity contribution is -0.139. The second kappa shape index (κ2) is 3.00. The minimum atomic E-state index is -4.99. The Kier molecular flexibility index (Phi) is 2.26. The standard InChI is InChI=1S/C7H5F5N2/c8-2-1-3(13)4(7(10,11)12)5(9)6(2)14/h1H,13-14H2. The summed E-state index contributed by atoms with van der Waals surface area (Å²) in [5.41, 5.74) is 5.61. The van der Waals surface area contributed by atoms with Crippen LogP contribution in [0.5, 0.6) is 0 Å². The van der Waals surface area contributed by atoms with Gasteiger partial charge in [0.05, 0.1) is 0 Å². The molecule has 1 aromatic carbocycles. The molecular formula is C7H5F5N2. The fourth-order valence-corrected chi connectivity index (χ4v) is 0.941. The molecule has 1 rings (SSSR count). The van der Waals surface area contributed by atoms with Gasteiger partial charge in [0.2, 0.25) is 0 Å². The maximum Gasteiger partial charge on any atom is 0.421 e. The summed E-state index contributed by atoms with van der Waals surface area (Å²) in [5, 5.41) is 0. The van der Waals surface area contributed by atoms with Gasteiger partial charge in [-0.15, -0.1) is 0 Å². The summed E-state index contributed by atoms with van der Waals surface area (Å²) < 4.78 is 61.8. The number of nitrogens with two attached hydrogens (primary N) is 2. The first-order valence-electron chi connectivity index (χ1n) is 3.35. The van der Waals surface area contributed by atoms with Crippen molar-refractivity contribution in [3.05, 3.63) is 23.3 Å². The summed E-state index contributed by atoms with van der Waals surface area (Å²) in [6.07, 6.45) is -4.99. The highest BCUT2D eigenvalue weighted by Gasteiger charge is 2.38. The third-order valence-corrected chi connectivity index (χ3v) is 1.57. The van der Waals surface area contributed by atoms with E-state index >= 15 is 0 Å². The Balaban J connectivity index is 3.53. The van der Waals surface area contributed by atoms with Gasteiger partial charge in [-0.3, -0.25) is 0 Å². The number of benzene rings is 1. The molecule has 0 amide bonds. The molecule has 0 atom stereocenters. The van der Waals surface area contributed by atoms with E-state index in [0.717, 1.165) is 0 Å². The van der Waals surface area contributed by atoms with E-state index in [4.69, 9.17) is 11.5 Å². The average molecular weight is 212 g/mol. The van der Waals surface area contributed by atoms with Crippen LogP contribution >= 0.6 is 0 Å². The lowest BCUT2D eigenvalue weighted by Crippen LogP contribution is -2.14. The van der Waals surface area contributed by atoms with Crippen molar-refractivity contribution in [1.29, 1.82) is 0 Å². The predicted molar refractivity (Wildman–Crippen MR) is 40.2 cm³/mol. The fourth-order valence-electron chi connectivity index (χ4n) is 0.941. The van der Waals surface area contributed by atoms with Gasteiger partial charge in [-0.1, -0.05) is 0 Å². The predicted octanol–water partition coefficient (Wildman–Crippen LogP) is 2.15. The monoisotopic (exact) mass is 212 g/mol. The second-order valence-corrected chi connectivity index (χ2v) is 2.55. The molecule has 2 nitrogen and oxygen atoms in total. The highest BCUT2D eigenvalue weighted by atomic mass is 19.4. The van der Waals surface area contributed by atoms with E-state index in [1.54, 1.807) is 0 Å². The van der Waals surface area contributed by atoms with Gasteiger partial charge in [-0.2, -0.15) is 13.2 Å². The topological polar surface area (TPSA) is 52.0 Å². The molecule has 4 N–H and O–H groups in total. The highest BCUT2D eigenvalue weighted by Crippen LogP contribution is 2.38. The first-order chi connectivity index (χ1) is 6.25. The Hall–Kier alpha value is -1.53. The van der Waals surface area contributed by atoms with Crippen LogP contribution in [0.4, 0.5) is 33.3 Å². The van der Waals surface area contributed by atoms with Gasteiger partial charge in [0.25, 0.3) is 0 Å². The zero-order valence-electron chi connectivity index (χ0n) is 6.62. The highest BCUT2D eigenvalue weighted by molar-refractivity contribution is 5.58. The van der Waals surface area contributed by atoms with Crippen LogP contribution in [0.3, 0.4) is 0 Å². The van der Waals surface area contributed by atoms with E-state index in [0.29, 0.717) is 6.07 Å². The Morgan fingerprint density at radius 3 is 2.00 bits per heavy atom. The third-order valence-electron chi connectivity index (χ3n) is 1.57. The third kappa shape index (κ3) is 1.57. The van der Waals surface area contributed by atoms with Crippen LogP contribution in [0.2, 0.25) is 0 Å². The van der Waals surface area contributed by atoms with Crippen LogP contribution < -0.4 is 11.5 Å². The normalized spacial score (nSPS) is 11.8. The molecule has 78 valence electrons. The van der Waals surface area contributed by atoms with Crippen LogP contribution in [0.15, 0.2) is 6.07 Å². The quantitative estimate of drug-likeness (QED) is 0.511. The van der Waals surface area contributed by atoms with Crippen LogP contribution in [0.1, 0.15) is 5.56 Å². The van der Waals surface area contributed by atoms with Crippen LogP contribution in [-0.2, 0) is 6.18 Å². The first kappa shape index (κ1) is 10.6. The molecule has 14 heavy (non-hydrogen) atoms. The molecule has 0 aliphatic rings. The van der Waals surface area contributed by atoms with E-state index in [2.05, 4.69) is 0 Å². The van der Waals surface area contributed by atoms with Crippen molar-refractivity contribution in [3.63, 3.8) is 0 Å². The fraction of sp³-hybridized carbons (Fsp3) is 0.143. The molecule has 0 unspecified atom stereocenters. The molecule has 0 saturated heterocycles. The largest absolute Gasteiger partial charge is 0.421 e. The van der Waals surface area contributed by atoms with Crippen molar-refractivity contribution >= 4 is 11.4 Å². The lowest BCUT2D eigenvalue weighted by atomic mass is 10.1. The molecular weight excluding hydrogens is 207 g/mol. The molecule has 0 aromatic heterocycles. The minimum Gasteiger partial charge on any atom is -0.398 e. The van der Waals surface area contributed by atoms with Gasteiger partial charge in [-0.05, 0) is 6.07 Å². The van der Waals surface area contributed by atoms with Crippen molar-refractivity contribution in [3.8, 4) is 0 Å².